The van der Waals surface area contributed by atoms with E-state index in [1.54, 1.807) is 0 Å². The molecule has 0 bridgehead atoms. The second-order valence-electron chi connectivity index (χ2n) is 3.52. The summed E-state index contributed by atoms with van der Waals surface area (Å²) in [5.74, 6) is 0.678. The van der Waals surface area contributed by atoms with Crippen LogP contribution in [0.3, 0.4) is 0 Å². The fraction of sp³-hybridized carbons (Fsp3) is 0.700. The van der Waals surface area contributed by atoms with Crippen molar-refractivity contribution in [3.05, 3.63) is 12.2 Å². The SMILES string of the molecule is CCOC12CCC=CC1CC2=O. The van der Waals surface area contributed by atoms with Crippen molar-refractivity contribution in [1.29, 1.82) is 0 Å². The van der Waals surface area contributed by atoms with Crippen LogP contribution in [0.2, 0.25) is 0 Å². The zero-order chi connectivity index (χ0) is 8.60. The molecule has 2 nitrogen and oxygen atoms in total. The number of carbonyl (C=O) groups excluding carboxylic acids is 1. The van der Waals surface area contributed by atoms with Crippen LogP contribution in [0.4, 0.5) is 0 Å². The van der Waals surface area contributed by atoms with Gasteiger partial charge >= 0.3 is 0 Å². The Morgan fingerprint density at radius 3 is 3.17 bits per heavy atom. The van der Waals surface area contributed by atoms with Gasteiger partial charge in [-0.15, -0.1) is 0 Å². The second-order valence-corrected chi connectivity index (χ2v) is 3.52. The highest BCUT2D eigenvalue weighted by Gasteiger charge is 2.54. The molecule has 2 aliphatic rings. The molecule has 0 aromatic carbocycles. The summed E-state index contributed by atoms with van der Waals surface area (Å²) in [6, 6.07) is 0. The number of allylic oxidation sites excluding steroid dienone is 1. The molecule has 0 aliphatic heterocycles. The Morgan fingerprint density at radius 2 is 2.58 bits per heavy atom. The van der Waals surface area contributed by atoms with Gasteiger partial charge in [-0.2, -0.15) is 0 Å². The molecule has 2 rings (SSSR count). The number of rotatable bonds is 2. The number of ketones is 1. The molecule has 12 heavy (non-hydrogen) atoms. The zero-order valence-corrected chi connectivity index (χ0v) is 7.38. The van der Waals surface area contributed by atoms with Gasteiger partial charge < -0.3 is 4.74 Å². The van der Waals surface area contributed by atoms with Crippen LogP contribution in [0, 0.1) is 5.92 Å². The first-order chi connectivity index (χ1) is 5.79. The molecular formula is C10H14O2. The first-order valence-corrected chi connectivity index (χ1v) is 4.63. The zero-order valence-electron chi connectivity index (χ0n) is 7.38. The van der Waals surface area contributed by atoms with Crippen LogP contribution in [-0.2, 0) is 9.53 Å². The van der Waals surface area contributed by atoms with E-state index in [0.29, 0.717) is 24.7 Å². The van der Waals surface area contributed by atoms with Gasteiger partial charge in [-0.3, -0.25) is 4.79 Å². The van der Waals surface area contributed by atoms with Gasteiger partial charge in [0, 0.05) is 18.9 Å². The normalized spacial score (nSPS) is 39.1. The van der Waals surface area contributed by atoms with E-state index in [1.165, 1.54) is 0 Å². The van der Waals surface area contributed by atoms with E-state index < -0.39 is 5.60 Å². The van der Waals surface area contributed by atoms with Crippen LogP contribution in [-0.4, -0.2) is 18.0 Å². The summed E-state index contributed by atoms with van der Waals surface area (Å²) in [7, 11) is 0. The summed E-state index contributed by atoms with van der Waals surface area (Å²) in [5.41, 5.74) is -0.399. The first kappa shape index (κ1) is 7.99. The Balaban J connectivity index is 2.18. The standard InChI is InChI=1S/C10H14O2/c1-2-12-10-6-4-3-5-8(10)7-9(10)11/h3,5,8H,2,4,6-7H2,1H3. The Morgan fingerprint density at radius 1 is 1.75 bits per heavy atom. The molecule has 0 amide bonds. The van der Waals surface area contributed by atoms with Gasteiger partial charge in [0.1, 0.15) is 5.60 Å². The molecule has 0 aromatic heterocycles. The van der Waals surface area contributed by atoms with Gasteiger partial charge in [-0.05, 0) is 19.8 Å². The lowest BCUT2D eigenvalue weighted by Gasteiger charge is -2.47. The number of fused-ring (bicyclic) bond motifs is 1. The van der Waals surface area contributed by atoms with E-state index >= 15 is 0 Å². The molecule has 2 aliphatic carbocycles. The Labute approximate surface area is 72.6 Å². The van der Waals surface area contributed by atoms with Crippen molar-refractivity contribution in [2.24, 2.45) is 5.92 Å². The largest absolute Gasteiger partial charge is 0.367 e. The minimum atomic E-state index is -0.399. The number of hydrogen-bond acceptors (Lipinski definition) is 2. The Bertz CT molecular complexity index is 232. The molecule has 0 aromatic rings. The fourth-order valence-electron chi connectivity index (χ4n) is 2.24. The summed E-state index contributed by atoms with van der Waals surface area (Å²) in [6.45, 7) is 2.60. The smallest absolute Gasteiger partial charge is 0.165 e. The summed E-state index contributed by atoms with van der Waals surface area (Å²) < 4.78 is 5.58. The van der Waals surface area contributed by atoms with Crippen LogP contribution >= 0.6 is 0 Å². The average Bonchev–Trinajstić information content (AvgIpc) is 2.07. The lowest BCUT2D eigenvalue weighted by molar-refractivity contribution is -0.172. The maximum absolute atomic E-state index is 11.4. The van der Waals surface area contributed by atoms with Crippen molar-refractivity contribution in [3.8, 4) is 0 Å². The molecule has 0 heterocycles. The van der Waals surface area contributed by atoms with Gasteiger partial charge in [-0.25, -0.2) is 0 Å². The van der Waals surface area contributed by atoms with Crippen molar-refractivity contribution in [1.82, 2.24) is 0 Å². The third-order valence-electron chi connectivity index (χ3n) is 2.93. The molecule has 2 unspecified atom stereocenters. The van der Waals surface area contributed by atoms with Crippen LogP contribution in [0.1, 0.15) is 26.2 Å². The number of hydrogen-bond donors (Lipinski definition) is 0. The quantitative estimate of drug-likeness (QED) is 0.584. The fourth-order valence-corrected chi connectivity index (χ4v) is 2.24. The molecular weight excluding hydrogens is 152 g/mol. The van der Waals surface area contributed by atoms with Crippen molar-refractivity contribution >= 4 is 5.78 Å². The van der Waals surface area contributed by atoms with Crippen LogP contribution in [0.25, 0.3) is 0 Å². The lowest BCUT2D eigenvalue weighted by Crippen LogP contribution is -2.58. The predicted molar refractivity (Wildman–Crippen MR) is 45.8 cm³/mol. The van der Waals surface area contributed by atoms with Crippen molar-refractivity contribution in [2.75, 3.05) is 6.61 Å². The van der Waals surface area contributed by atoms with E-state index in [9.17, 15) is 4.79 Å². The molecule has 2 heteroatoms. The highest BCUT2D eigenvalue weighted by molar-refractivity contribution is 5.95. The summed E-state index contributed by atoms with van der Waals surface area (Å²) in [6.07, 6.45) is 6.87. The van der Waals surface area contributed by atoms with Gasteiger partial charge in [0.05, 0.1) is 0 Å². The van der Waals surface area contributed by atoms with Crippen molar-refractivity contribution in [2.45, 2.75) is 31.8 Å². The second kappa shape index (κ2) is 2.70. The highest BCUT2D eigenvalue weighted by atomic mass is 16.5. The molecule has 0 spiro atoms. The maximum atomic E-state index is 11.4. The molecule has 1 saturated carbocycles. The van der Waals surface area contributed by atoms with Gasteiger partial charge in [0.25, 0.3) is 0 Å². The molecule has 0 saturated heterocycles. The molecule has 0 N–H and O–H groups in total. The average molecular weight is 166 g/mol. The Kier molecular flexibility index (Phi) is 1.80. The topological polar surface area (TPSA) is 26.3 Å². The van der Waals surface area contributed by atoms with E-state index in [0.717, 1.165) is 12.8 Å². The highest BCUT2D eigenvalue weighted by Crippen LogP contribution is 2.45. The minimum absolute atomic E-state index is 0.304. The van der Waals surface area contributed by atoms with Crippen LogP contribution < -0.4 is 0 Å². The van der Waals surface area contributed by atoms with Gasteiger partial charge in [-0.1, -0.05) is 12.2 Å². The van der Waals surface area contributed by atoms with Gasteiger partial charge in [0.15, 0.2) is 5.78 Å². The summed E-state index contributed by atoms with van der Waals surface area (Å²) in [5, 5.41) is 0. The summed E-state index contributed by atoms with van der Waals surface area (Å²) >= 11 is 0. The lowest BCUT2D eigenvalue weighted by atomic mass is 9.63. The van der Waals surface area contributed by atoms with E-state index in [-0.39, 0.29) is 0 Å². The van der Waals surface area contributed by atoms with E-state index in [2.05, 4.69) is 12.2 Å². The predicted octanol–water partition coefficient (Wildman–Crippen LogP) is 1.70. The maximum Gasteiger partial charge on any atom is 0.165 e. The molecule has 1 fully saturated rings. The minimum Gasteiger partial charge on any atom is -0.367 e. The number of ether oxygens (including phenoxy) is 1. The monoisotopic (exact) mass is 166 g/mol. The Hall–Kier alpha value is -0.630. The van der Waals surface area contributed by atoms with Crippen molar-refractivity contribution in [3.63, 3.8) is 0 Å². The van der Waals surface area contributed by atoms with E-state index in [1.807, 2.05) is 6.92 Å². The third-order valence-corrected chi connectivity index (χ3v) is 2.93. The number of carbonyl (C=O) groups is 1. The van der Waals surface area contributed by atoms with Crippen LogP contribution in [0.15, 0.2) is 12.2 Å². The first-order valence-electron chi connectivity index (χ1n) is 4.63. The van der Waals surface area contributed by atoms with Crippen molar-refractivity contribution < 1.29 is 9.53 Å². The van der Waals surface area contributed by atoms with E-state index in [4.69, 9.17) is 4.74 Å². The van der Waals surface area contributed by atoms with Gasteiger partial charge in [0.2, 0.25) is 0 Å². The molecule has 2 atom stereocenters. The van der Waals surface area contributed by atoms with Crippen LogP contribution in [0.5, 0.6) is 0 Å². The third kappa shape index (κ3) is 0.876. The summed E-state index contributed by atoms with van der Waals surface area (Å²) in [4.78, 5) is 11.4. The number of Topliss-reactive ketones (excluding diaryl/α,β-unsaturated/α-hetero) is 1. The molecule has 0 radical (unpaired) electrons. The molecule has 66 valence electrons.